The van der Waals surface area contributed by atoms with Crippen LogP contribution in [0.4, 0.5) is 17.2 Å². The molecule has 11 heteroatoms. The second-order valence-corrected chi connectivity index (χ2v) is 8.28. The zero-order valence-corrected chi connectivity index (χ0v) is 19.6. The van der Waals surface area contributed by atoms with Crippen molar-refractivity contribution in [3.05, 3.63) is 68.3 Å². The molecule has 2 amide bonds. The second kappa shape index (κ2) is 9.92. The van der Waals surface area contributed by atoms with E-state index in [0.717, 1.165) is 22.6 Å². The van der Waals surface area contributed by atoms with E-state index in [9.17, 15) is 19.2 Å². The number of benzene rings is 1. The number of H-pyrrole nitrogens is 1. The third kappa shape index (κ3) is 4.98. The number of hydrogen-bond acceptors (Lipinski definition) is 7. The molecule has 0 radical (unpaired) electrons. The van der Waals surface area contributed by atoms with Crippen molar-refractivity contribution in [2.45, 2.75) is 45.8 Å². The van der Waals surface area contributed by atoms with Crippen molar-refractivity contribution in [2.24, 2.45) is 0 Å². The number of ether oxygens (including phenoxy) is 1. The van der Waals surface area contributed by atoms with E-state index in [2.05, 4.69) is 10.3 Å². The highest BCUT2D eigenvalue weighted by molar-refractivity contribution is 6.05. The quantitative estimate of drug-likeness (QED) is 0.446. The summed E-state index contributed by atoms with van der Waals surface area (Å²) in [5.74, 6) is 0.315. The van der Waals surface area contributed by atoms with E-state index in [1.165, 1.54) is 17.7 Å². The maximum absolute atomic E-state index is 13.0. The molecule has 11 nitrogen and oxygen atoms in total. The van der Waals surface area contributed by atoms with Gasteiger partial charge in [-0.3, -0.25) is 23.9 Å². The van der Waals surface area contributed by atoms with Crippen LogP contribution in [-0.2, 0) is 24.4 Å². The van der Waals surface area contributed by atoms with Crippen molar-refractivity contribution in [3.63, 3.8) is 0 Å². The number of aromatic nitrogens is 2. The number of unbranched alkanes of at least 4 members (excludes halogenated alkanes) is 1. The van der Waals surface area contributed by atoms with Gasteiger partial charge in [0.15, 0.2) is 11.4 Å². The number of rotatable bonds is 8. The molecule has 1 aromatic carbocycles. The van der Waals surface area contributed by atoms with Gasteiger partial charge in [0.05, 0.1) is 0 Å². The molecule has 2 aromatic heterocycles. The Labute approximate surface area is 200 Å². The fourth-order valence-electron chi connectivity index (χ4n) is 3.88. The van der Waals surface area contributed by atoms with Gasteiger partial charge in [-0.1, -0.05) is 13.3 Å². The molecule has 0 saturated carbocycles. The number of hydrogen-bond donors (Lipinski definition) is 3. The van der Waals surface area contributed by atoms with Crippen LogP contribution in [-0.4, -0.2) is 28.4 Å². The first-order chi connectivity index (χ1) is 16.8. The number of nitrogens with zero attached hydrogens (tertiary/aromatic N) is 2. The van der Waals surface area contributed by atoms with E-state index in [0.29, 0.717) is 37.3 Å². The predicted molar refractivity (Wildman–Crippen MR) is 130 cm³/mol. The smallest absolute Gasteiger partial charge is 0.330 e. The fraction of sp³-hybridized carbons (Fsp3) is 0.333. The third-order valence-electron chi connectivity index (χ3n) is 5.82. The van der Waals surface area contributed by atoms with Gasteiger partial charge < -0.3 is 25.1 Å². The summed E-state index contributed by atoms with van der Waals surface area (Å²) in [5, 5.41) is 2.82. The molecule has 0 aliphatic carbocycles. The van der Waals surface area contributed by atoms with Crippen molar-refractivity contribution in [1.82, 2.24) is 9.55 Å². The first kappa shape index (κ1) is 23.9. The number of amides is 2. The highest BCUT2D eigenvalue weighted by Crippen LogP contribution is 2.27. The molecule has 0 atom stereocenters. The summed E-state index contributed by atoms with van der Waals surface area (Å²) >= 11 is 0. The van der Waals surface area contributed by atoms with Gasteiger partial charge in [-0.2, -0.15) is 0 Å². The Bertz CT molecular complexity index is 1390. The molecule has 3 aromatic rings. The number of aryl methyl sites for hydroxylation is 1. The summed E-state index contributed by atoms with van der Waals surface area (Å²) in [7, 11) is 1.39. The van der Waals surface area contributed by atoms with Crippen LogP contribution in [0.3, 0.4) is 0 Å². The highest BCUT2D eigenvalue weighted by Gasteiger charge is 2.24. The summed E-state index contributed by atoms with van der Waals surface area (Å²) in [6, 6.07) is 8.48. The van der Waals surface area contributed by atoms with Crippen LogP contribution < -0.4 is 31.9 Å². The van der Waals surface area contributed by atoms with Crippen LogP contribution in [0, 0.1) is 0 Å². The molecule has 0 unspecified atom stereocenters. The zero-order valence-electron chi connectivity index (χ0n) is 19.6. The molecule has 0 saturated heterocycles. The molecule has 3 heterocycles. The Morgan fingerprint density at radius 3 is 2.77 bits per heavy atom. The van der Waals surface area contributed by atoms with Gasteiger partial charge in [-0.15, -0.1) is 0 Å². The van der Waals surface area contributed by atoms with E-state index >= 15 is 0 Å². The molecule has 1 aliphatic heterocycles. The van der Waals surface area contributed by atoms with Gasteiger partial charge in [0.1, 0.15) is 23.9 Å². The van der Waals surface area contributed by atoms with Gasteiger partial charge >= 0.3 is 5.69 Å². The lowest BCUT2D eigenvalue weighted by molar-refractivity contribution is -0.116. The van der Waals surface area contributed by atoms with E-state index < -0.39 is 17.2 Å². The normalized spacial score (nSPS) is 12.7. The molecule has 35 heavy (non-hydrogen) atoms. The molecule has 4 N–H and O–H groups in total. The van der Waals surface area contributed by atoms with E-state index in [4.69, 9.17) is 14.9 Å². The molecule has 0 spiro atoms. The number of anilines is 3. The standard InChI is InChI=1S/C24H27N5O6/c1-3-4-11-29-21(25)20(22(31)27-24(29)33)28(2)23(32)18-9-7-16(35-18)13-34-15-6-8-17-14(12-15)5-10-19(30)26-17/h6-9,12H,3-5,10-11,13,25H2,1-2H3,(H,26,30)(H,27,31,33). The lowest BCUT2D eigenvalue weighted by Crippen LogP contribution is -2.39. The lowest BCUT2D eigenvalue weighted by Gasteiger charge is -2.19. The minimum atomic E-state index is -0.755. The maximum Gasteiger partial charge on any atom is 0.330 e. The number of carbonyl (C=O) groups is 2. The predicted octanol–water partition coefficient (Wildman–Crippen LogP) is 2.25. The number of carbonyl (C=O) groups excluding carboxylic acids is 2. The Balaban J connectivity index is 1.47. The fourth-order valence-corrected chi connectivity index (χ4v) is 3.88. The second-order valence-electron chi connectivity index (χ2n) is 8.28. The molecule has 4 rings (SSSR count). The molecule has 0 bridgehead atoms. The lowest BCUT2D eigenvalue weighted by atomic mass is 10.0. The number of nitrogens with one attached hydrogen (secondary N) is 2. The van der Waals surface area contributed by atoms with Crippen LogP contribution in [0.2, 0.25) is 0 Å². The minimum absolute atomic E-state index is 0.00703. The van der Waals surface area contributed by atoms with E-state index in [-0.39, 0.29) is 29.8 Å². The van der Waals surface area contributed by atoms with E-state index in [1.54, 1.807) is 18.2 Å². The summed E-state index contributed by atoms with van der Waals surface area (Å²) < 4.78 is 12.7. The summed E-state index contributed by atoms with van der Waals surface area (Å²) in [6.07, 6.45) is 2.58. The zero-order chi connectivity index (χ0) is 25.1. The molecule has 0 fully saturated rings. The maximum atomic E-state index is 13.0. The van der Waals surface area contributed by atoms with Crippen LogP contribution in [0.15, 0.2) is 44.3 Å². The summed E-state index contributed by atoms with van der Waals surface area (Å²) in [4.78, 5) is 52.4. The van der Waals surface area contributed by atoms with Crippen molar-refractivity contribution in [2.75, 3.05) is 23.0 Å². The first-order valence-electron chi connectivity index (χ1n) is 11.3. The largest absolute Gasteiger partial charge is 0.486 e. The van der Waals surface area contributed by atoms with E-state index in [1.807, 2.05) is 13.0 Å². The number of furan rings is 1. The Morgan fingerprint density at radius 2 is 2.00 bits per heavy atom. The van der Waals surface area contributed by atoms with Gasteiger partial charge in [0.25, 0.3) is 11.5 Å². The number of nitrogen functional groups attached to an aromatic ring is 1. The Morgan fingerprint density at radius 1 is 1.20 bits per heavy atom. The van der Waals surface area contributed by atoms with Crippen LogP contribution in [0.5, 0.6) is 5.75 Å². The van der Waals surface area contributed by atoms with Crippen LogP contribution in [0.25, 0.3) is 0 Å². The van der Waals surface area contributed by atoms with Crippen molar-refractivity contribution >= 4 is 29.0 Å². The van der Waals surface area contributed by atoms with Gasteiger partial charge in [0.2, 0.25) is 5.91 Å². The molecule has 184 valence electrons. The Kier molecular flexibility index (Phi) is 6.76. The number of nitrogens with two attached hydrogens (primary N) is 1. The van der Waals surface area contributed by atoms with Gasteiger partial charge in [0, 0.05) is 25.7 Å². The monoisotopic (exact) mass is 481 g/mol. The first-order valence-corrected chi connectivity index (χ1v) is 11.3. The van der Waals surface area contributed by atoms with Crippen LogP contribution in [0.1, 0.15) is 48.1 Å². The van der Waals surface area contributed by atoms with Crippen molar-refractivity contribution in [1.29, 1.82) is 0 Å². The van der Waals surface area contributed by atoms with Gasteiger partial charge in [-0.05, 0) is 48.7 Å². The summed E-state index contributed by atoms with van der Waals surface area (Å²) in [6.45, 7) is 2.36. The molecule has 1 aliphatic rings. The summed E-state index contributed by atoms with van der Waals surface area (Å²) in [5.41, 5.74) is 6.36. The average molecular weight is 482 g/mol. The SMILES string of the molecule is CCCCn1c(N)c(N(C)C(=O)c2ccc(COc3ccc4c(c3)CCC(=O)N4)o2)c(=O)[nH]c1=O. The highest BCUT2D eigenvalue weighted by atomic mass is 16.5. The minimum Gasteiger partial charge on any atom is -0.486 e. The molecular weight excluding hydrogens is 454 g/mol. The number of fused-ring (bicyclic) bond motifs is 1. The third-order valence-corrected chi connectivity index (χ3v) is 5.82. The topological polar surface area (TPSA) is 153 Å². The van der Waals surface area contributed by atoms with Crippen molar-refractivity contribution in [3.8, 4) is 5.75 Å². The number of aromatic amines is 1. The van der Waals surface area contributed by atoms with Crippen LogP contribution >= 0.6 is 0 Å². The molecular formula is C24H27N5O6. The average Bonchev–Trinajstić information content (AvgIpc) is 3.31. The Hall–Kier alpha value is -4.28. The van der Waals surface area contributed by atoms with Gasteiger partial charge in [-0.25, -0.2) is 4.79 Å². The van der Waals surface area contributed by atoms with Crippen molar-refractivity contribution < 1.29 is 18.7 Å².